The van der Waals surface area contributed by atoms with Gasteiger partial charge in [0.2, 0.25) is 5.91 Å². The number of nitrogens with one attached hydrogen (secondary N) is 1. The van der Waals surface area contributed by atoms with Crippen LogP contribution < -0.4 is 10.2 Å². The van der Waals surface area contributed by atoms with Crippen LogP contribution in [0.2, 0.25) is 0 Å². The number of nitro benzene ring substituents is 1. The zero-order valence-electron chi connectivity index (χ0n) is 18.7. The Hall–Kier alpha value is -3.42. The van der Waals surface area contributed by atoms with Crippen LogP contribution in [0, 0.1) is 10.1 Å². The first-order valence-electron chi connectivity index (χ1n) is 11.7. The summed E-state index contributed by atoms with van der Waals surface area (Å²) in [7, 11) is 0. The molecule has 33 heavy (non-hydrogen) atoms. The lowest BCUT2D eigenvalue weighted by molar-refractivity contribution is -0.384. The Balaban J connectivity index is 1.30. The smallest absolute Gasteiger partial charge is 0.293 e. The van der Waals surface area contributed by atoms with E-state index in [2.05, 4.69) is 5.32 Å². The molecule has 0 aliphatic carbocycles. The number of hydrogen-bond donors (Lipinski definition) is 1. The van der Waals surface area contributed by atoms with Gasteiger partial charge in [-0.3, -0.25) is 19.7 Å². The van der Waals surface area contributed by atoms with Crippen molar-refractivity contribution in [2.75, 3.05) is 31.1 Å². The van der Waals surface area contributed by atoms with E-state index in [0.717, 1.165) is 31.5 Å². The van der Waals surface area contributed by atoms with Gasteiger partial charge in [0.1, 0.15) is 5.69 Å². The van der Waals surface area contributed by atoms with Crippen LogP contribution in [0.3, 0.4) is 0 Å². The number of nitrogens with zero attached hydrogens (tertiary/aromatic N) is 3. The van der Waals surface area contributed by atoms with E-state index in [9.17, 15) is 19.7 Å². The highest BCUT2D eigenvalue weighted by Crippen LogP contribution is 2.32. The number of nitro groups is 1. The largest absolute Gasteiger partial charge is 0.366 e. The minimum Gasteiger partial charge on any atom is -0.366 e. The predicted molar refractivity (Wildman–Crippen MR) is 126 cm³/mol. The van der Waals surface area contributed by atoms with Gasteiger partial charge in [-0.1, -0.05) is 30.3 Å². The molecule has 2 heterocycles. The van der Waals surface area contributed by atoms with Crippen LogP contribution in [-0.2, 0) is 11.2 Å². The van der Waals surface area contributed by atoms with Crippen molar-refractivity contribution >= 4 is 23.2 Å². The quantitative estimate of drug-likeness (QED) is 0.514. The van der Waals surface area contributed by atoms with Gasteiger partial charge < -0.3 is 15.1 Å². The second kappa shape index (κ2) is 10.5. The average molecular weight is 451 g/mol. The van der Waals surface area contributed by atoms with Crippen molar-refractivity contribution in [1.82, 2.24) is 10.2 Å². The third kappa shape index (κ3) is 5.69. The summed E-state index contributed by atoms with van der Waals surface area (Å²) in [5.41, 5.74) is 2.06. The van der Waals surface area contributed by atoms with Gasteiger partial charge in [-0.15, -0.1) is 0 Å². The molecule has 4 rings (SSSR count). The van der Waals surface area contributed by atoms with E-state index in [4.69, 9.17) is 0 Å². The summed E-state index contributed by atoms with van der Waals surface area (Å²) in [5.74, 6) is -0.170. The third-order valence-corrected chi connectivity index (χ3v) is 6.50. The molecule has 0 atom stereocenters. The lowest BCUT2D eigenvalue weighted by atomic mass is 10.0. The summed E-state index contributed by atoms with van der Waals surface area (Å²) in [6.07, 6.45) is 4.55. The molecule has 0 spiro atoms. The highest BCUT2D eigenvalue weighted by atomic mass is 16.6. The highest BCUT2D eigenvalue weighted by molar-refractivity contribution is 5.96. The topological polar surface area (TPSA) is 95.8 Å². The first-order chi connectivity index (χ1) is 16.0. The molecule has 0 aromatic heterocycles. The Morgan fingerprint density at radius 1 is 1.00 bits per heavy atom. The maximum Gasteiger partial charge on any atom is 0.293 e. The van der Waals surface area contributed by atoms with Crippen LogP contribution in [0.15, 0.2) is 48.5 Å². The molecule has 0 unspecified atom stereocenters. The fraction of sp³-hybridized carbons (Fsp3) is 0.440. The molecule has 0 radical (unpaired) electrons. The monoisotopic (exact) mass is 450 g/mol. The Kier molecular flexibility index (Phi) is 7.22. The van der Waals surface area contributed by atoms with Crippen LogP contribution in [-0.4, -0.2) is 53.9 Å². The van der Waals surface area contributed by atoms with Gasteiger partial charge in [0, 0.05) is 50.3 Å². The lowest BCUT2D eigenvalue weighted by Crippen LogP contribution is -2.46. The number of hydrogen-bond acceptors (Lipinski definition) is 5. The van der Waals surface area contributed by atoms with Crippen molar-refractivity contribution in [3.05, 3.63) is 69.8 Å². The minimum absolute atomic E-state index is 0.0108. The van der Waals surface area contributed by atoms with E-state index in [1.165, 1.54) is 6.07 Å². The zero-order chi connectivity index (χ0) is 23.2. The number of carbonyl (C=O) groups excluding carboxylic acids is 2. The third-order valence-electron chi connectivity index (χ3n) is 6.50. The fourth-order valence-electron chi connectivity index (χ4n) is 4.64. The number of piperidine rings is 1. The Labute approximate surface area is 193 Å². The van der Waals surface area contributed by atoms with Gasteiger partial charge in [-0.2, -0.15) is 0 Å². The van der Waals surface area contributed by atoms with Crippen LogP contribution in [0.4, 0.5) is 11.4 Å². The summed E-state index contributed by atoms with van der Waals surface area (Å²) in [5, 5.41) is 14.7. The molecule has 174 valence electrons. The van der Waals surface area contributed by atoms with E-state index in [0.29, 0.717) is 50.0 Å². The number of anilines is 1. The van der Waals surface area contributed by atoms with E-state index >= 15 is 0 Å². The minimum atomic E-state index is -0.401. The van der Waals surface area contributed by atoms with Crippen molar-refractivity contribution in [2.45, 2.75) is 44.6 Å². The van der Waals surface area contributed by atoms with Crippen LogP contribution in [0.1, 0.15) is 48.0 Å². The average Bonchev–Trinajstić information content (AvgIpc) is 3.38. The summed E-state index contributed by atoms with van der Waals surface area (Å²) in [6, 6.07) is 14.8. The van der Waals surface area contributed by atoms with Crippen LogP contribution in [0.5, 0.6) is 0 Å². The summed E-state index contributed by atoms with van der Waals surface area (Å²) >= 11 is 0. The van der Waals surface area contributed by atoms with E-state index in [1.54, 1.807) is 17.0 Å². The molecule has 8 heteroatoms. The van der Waals surface area contributed by atoms with E-state index in [-0.39, 0.29) is 23.5 Å². The zero-order valence-corrected chi connectivity index (χ0v) is 18.7. The Morgan fingerprint density at radius 2 is 1.70 bits per heavy atom. The Morgan fingerprint density at radius 3 is 2.36 bits per heavy atom. The molecule has 2 aliphatic rings. The first-order valence-corrected chi connectivity index (χ1v) is 11.7. The lowest BCUT2D eigenvalue weighted by Gasteiger charge is -2.32. The molecular formula is C25H30N4O4. The molecule has 2 aliphatic heterocycles. The van der Waals surface area contributed by atoms with Crippen molar-refractivity contribution in [3.8, 4) is 0 Å². The van der Waals surface area contributed by atoms with Crippen molar-refractivity contribution in [3.63, 3.8) is 0 Å². The summed E-state index contributed by atoms with van der Waals surface area (Å²) in [4.78, 5) is 40.3. The molecule has 1 N–H and O–H groups in total. The van der Waals surface area contributed by atoms with Crippen LogP contribution >= 0.6 is 0 Å². The number of amides is 2. The van der Waals surface area contributed by atoms with Gasteiger partial charge in [-0.05, 0) is 49.8 Å². The summed E-state index contributed by atoms with van der Waals surface area (Å²) < 4.78 is 0. The SMILES string of the molecule is O=C(CCc1ccccc1)NC1CCN(C(=O)c2ccc(N3CCCC3)c([N+](=O)[O-])c2)CC1. The standard InChI is InChI=1S/C25H30N4O4/c30-24(11-8-19-6-2-1-3-7-19)26-21-12-16-28(17-13-21)25(31)20-9-10-22(23(18-20)29(32)33)27-14-4-5-15-27/h1-3,6-7,9-10,18,21H,4-5,8,11-17H2,(H,26,30). The number of rotatable bonds is 7. The number of likely N-dealkylation sites (tertiary alicyclic amines) is 1. The fourth-order valence-corrected chi connectivity index (χ4v) is 4.64. The number of benzene rings is 2. The van der Waals surface area contributed by atoms with Crippen molar-refractivity contribution in [1.29, 1.82) is 0 Å². The molecule has 2 aromatic rings. The second-order valence-electron chi connectivity index (χ2n) is 8.77. The van der Waals surface area contributed by atoms with Gasteiger partial charge in [0.25, 0.3) is 11.6 Å². The van der Waals surface area contributed by atoms with Crippen molar-refractivity contribution in [2.24, 2.45) is 0 Å². The molecule has 2 saturated heterocycles. The molecule has 0 bridgehead atoms. The van der Waals surface area contributed by atoms with E-state index < -0.39 is 4.92 Å². The maximum absolute atomic E-state index is 13.0. The van der Waals surface area contributed by atoms with Crippen molar-refractivity contribution < 1.29 is 14.5 Å². The Bertz CT molecular complexity index is 997. The summed E-state index contributed by atoms with van der Waals surface area (Å²) in [6.45, 7) is 2.64. The van der Waals surface area contributed by atoms with Gasteiger partial charge >= 0.3 is 0 Å². The maximum atomic E-state index is 13.0. The highest BCUT2D eigenvalue weighted by Gasteiger charge is 2.28. The first kappa shape index (κ1) is 22.8. The van der Waals surface area contributed by atoms with Crippen LogP contribution in [0.25, 0.3) is 0 Å². The normalized spacial score (nSPS) is 16.6. The predicted octanol–water partition coefficient (Wildman–Crippen LogP) is 3.55. The molecule has 0 saturated carbocycles. The van der Waals surface area contributed by atoms with Gasteiger partial charge in [0.05, 0.1) is 4.92 Å². The number of aryl methyl sites for hydroxylation is 1. The molecule has 2 amide bonds. The molecule has 2 aromatic carbocycles. The van der Waals surface area contributed by atoms with Gasteiger partial charge in [-0.25, -0.2) is 0 Å². The molecule has 8 nitrogen and oxygen atoms in total. The van der Waals surface area contributed by atoms with E-state index in [1.807, 2.05) is 35.2 Å². The van der Waals surface area contributed by atoms with Gasteiger partial charge in [0.15, 0.2) is 0 Å². The molecule has 2 fully saturated rings. The second-order valence-corrected chi connectivity index (χ2v) is 8.77. The number of carbonyl (C=O) groups is 2. The molecular weight excluding hydrogens is 420 g/mol.